The van der Waals surface area contributed by atoms with E-state index in [0.29, 0.717) is 18.0 Å². The van der Waals surface area contributed by atoms with Gasteiger partial charge in [0.05, 0.1) is 5.69 Å². The normalized spacial score (nSPS) is 27.8. The van der Waals surface area contributed by atoms with Crippen LogP contribution >= 0.6 is 0 Å². The molecule has 2 fully saturated rings. The molecule has 0 radical (unpaired) electrons. The molecule has 106 valence electrons. The summed E-state index contributed by atoms with van der Waals surface area (Å²) in [7, 11) is 0. The molecule has 1 saturated heterocycles. The quantitative estimate of drug-likeness (QED) is 0.906. The largest absolute Gasteiger partial charge is 0.339 e. The van der Waals surface area contributed by atoms with Crippen LogP contribution < -0.4 is 10.6 Å². The fourth-order valence-corrected chi connectivity index (χ4v) is 3.09. The Kier molecular flexibility index (Phi) is 3.52. The van der Waals surface area contributed by atoms with E-state index in [0.717, 1.165) is 19.5 Å². The lowest BCUT2D eigenvalue weighted by atomic mass is 9.94. The molecule has 0 aromatic carbocycles. The Bertz CT molecular complexity index is 435. The minimum Gasteiger partial charge on any atom is -0.339 e. The standard InChI is InChI=1S/C15H26N4/c1-3-13-10-19(14-6-7-14)15(17-13)18-9-12(8-16)5-4-11(18)2/h10-12,14H,3-9,16H2,1-2H3. The number of rotatable bonds is 4. The summed E-state index contributed by atoms with van der Waals surface area (Å²) in [4.78, 5) is 7.38. The summed E-state index contributed by atoms with van der Waals surface area (Å²) in [6.07, 6.45) is 8.42. The van der Waals surface area contributed by atoms with Gasteiger partial charge in [0.25, 0.3) is 0 Å². The zero-order valence-corrected chi connectivity index (χ0v) is 12.2. The summed E-state index contributed by atoms with van der Waals surface area (Å²) in [5.41, 5.74) is 7.10. The lowest BCUT2D eigenvalue weighted by Crippen LogP contribution is -2.45. The monoisotopic (exact) mass is 262 g/mol. The van der Waals surface area contributed by atoms with Crippen molar-refractivity contribution in [2.75, 3.05) is 18.0 Å². The highest BCUT2D eigenvalue weighted by atomic mass is 15.3. The maximum Gasteiger partial charge on any atom is 0.206 e. The third-order valence-corrected chi connectivity index (χ3v) is 4.64. The van der Waals surface area contributed by atoms with Crippen molar-refractivity contribution in [3.8, 4) is 0 Å². The summed E-state index contributed by atoms with van der Waals surface area (Å²) in [6, 6.07) is 1.29. The zero-order chi connectivity index (χ0) is 13.4. The van der Waals surface area contributed by atoms with E-state index in [2.05, 4.69) is 29.5 Å². The summed E-state index contributed by atoms with van der Waals surface area (Å²) >= 11 is 0. The van der Waals surface area contributed by atoms with Crippen LogP contribution in [0.15, 0.2) is 6.20 Å². The first-order valence-electron chi connectivity index (χ1n) is 7.77. The average molecular weight is 262 g/mol. The molecule has 1 aromatic heterocycles. The number of nitrogens with two attached hydrogens (primary N) is 1. The van der Waals surface area contributed by atoms with Crippen LogP contribution in [0.25, 0.3) is 0 Å². The van der Waals surface area contributed by atoms with Crippen molar-refractivity contribution in [1.29, 1.82) is 0 Å². The summed E-state index contributed by atoms with van der Waals surface area (Å²) in [6.45, 7) is 6.38. The number of aryl methyl sites for hydroxylation is 1. The van der Waals surface area contributed by atoms with Gasteiger partial charge in [0.1, 0.15) is 0 Å². The molecule has 2 N–H and O–H groups in total. The van der Waals surface area contributed by atoms with Crippen molar-refractivity contribution in [2.24, 2.45) is 11.7 Å². The number of hydrogen-bond acceptors (Lipinski definition) is 3. The van der Waals surface area contributed by atoms with Crippen LogP contribution in [0, 0.1) is 5.92 Å². The molecule has 0 spiro atoms. The first-order chi connectivity index (χ1) is 9.22. The van der Waals surface area contributed by atoms with Crippen LogP contribution in [0.2, 0.25) is 0 Å². The molecule has 1 aromatic rings. The summed E-state index contributed by atoms with van der Waals surface area (Å²) in [5, 5.41) is 0. The second kappa shape index (κ2) is 5.16. The van der Waals surface area contributed by atoms with Crippen LogP contribution in [-0.2, 0) is 6.42 Å². The van der Waals surface area contributed by atoms with Gasteiger partial charge in [-0.3, -0.25) is 0 Å². The second-order valence-corrected chi connectivity index (χ2v) is 6.20. The van der Waals surface area contributed by atoms with E-state index in [4.69, 9.17) is 10.7 Å². The number of aromatic nitrogens is 2. The lowest BCUT2D eigenvalue weighted by Gasteiger charge is -2.38. The molecule has 2 atom stereocenters. The Morgan fingerprint density at radius 3 is 2.74 bits per heavy atom. The maximum atomic E-state index is 5.88. The minimum atomic E-state index is 0.590. The van der Waals surface area contributed by atoms with Gasteiger partial charge in [0.15, 0.2) is 0 Å². The van der Waals surface area contributed by atoms with Crippen molar-refractivity contribution >= 4 is 5.95 Å². The fourth-order valence-electron chi connectivity index (χ4n) is 3.09. The van der Waals surface area contributed by atoms with Crippen LogP contribution in [-0.4, -0.2) is 28.7 Å². The van der Waals surface area contributed by atoms with Crippen molar-refractivity contribution in [1.82, 2.24) is 9.55 Å². The van der Waals surface area contributed by atoms with Gasteiger partial charge >= 0.3 is 0 Å². The summed E-state index contributed by atoms with van der Waals surface area (Å²) in [5.74, 6) is 1.83. The molecule has 4 nitrogen and oxygen atoms in total. The fraction of sp³-hybridized carbons (Fsp3) is 0.800. The third-order valence-electron chi connectivity index (χ3n) is 4.64. The number of nitrogens with zero attached hydrogens (tertiary/aromatic N) is 3. The molecule has 0 bridgehead atoms. The molecule has 19 heavy (non-hydrogen) atoms. The van der Waals surface area contributed by atoms with Gasteiger partial charge in [0.2, 0.25) is 5.95 Å². The van der Waals surface area contributed by atoms with Crippen LogP contribution in [0.5, 0.6) is 0 Å². The first-order valence-corrected chi connectivity index (χ1v) is 7.77. The lowest BCUT2D eigenvalue weighted by molar-refractivity contribution is 0.366. The van der Waals surface area contributed by atoms with Gasteiger partial charge in [-0.05, 0) is 51.5 Å². The molecule has 1 aliphatic carbocycles. The molecule has 1 saturated carbocycles. The molecule has 4 heteroatoms. The van der Waals surface area contributed by atoms with Crippen molar-refractivity contribution in [3.63, 3.8) is 0 Å². The van der Waals surface area contributed by atoms with Crippen molar-refractivity contribution in [3.05, 3.63) is 11.9 Å². The van der Waals surface area contributed by atoms with E-state index < -0.39 is 0 Å². The van der Waals surface area contributed by atoms with Gasteiger partial charge in [-0.1, -0.05) is 6.92 Å². The summed E-state index contributed by atoms with van der Waals surface area (Å²) < 4.78 is 2.42. The van der Waals surface area contributed by atoms with Gasteiger partial charge in [-0.2, -0.15) is 0 Å². The highest BCUT2D eigenvalue weighted by molar-refractivity contribution is 5.37. The maximum absolute atomic E-state index is 5.88. The second-order valence-electron chi connectivity index (χ2n) is 6.20. The van der Waals surface area contributed by atoms with Gasteiger partial charge in [0, 0.05) is 24.8 Å². The molecule has 2 unspecified atom stereocenters. The number of imidazole rings is 1. The Hall–Kier alpha value is -1.03. The molecule has 0 amide bonds. The predicted octanol–water partition coefficient (Wildman–Crippen LogP) is 2.34. The van der Waals surface area contributed by atoms with Crippen LogP contribution in [0.1, 0.15) is 51.3 Å². The Labute approximate surface area is 116 Å². The highest BCUT2D eigenvalue weighted by Crippen LogP contribution is 2.39. The molecular weight excluding hydrogens is 236 g/mol. The predicted molar refractivity (Wildman–Crippen MR) is 78.5 cm³/mol. The van der Waals surface area contributed by atoms with E-state index in [1.54, 1.807) is 0 Å². The molecular formula is C15H26N4. The van der Waals surface area contributed by atoms with Gasteiger partial charge in [-0.15, -0.1) is 0 Å². The van der Waals surface area contributed by atoms with E-state index in [1.807, 2.05) is 0 Å². The number of piperidine rings is 1. The Morgan fingerprint density at radius 1 is 1.32 bits per heavy atom. The highest BCUT2D eigenvalue weighted by Gasteiger charge is 2.32. The molecule has 2 heterocycles. The van der Waals surface area contributed by atoms with Crippen molar-refractivity contribution < 1.29 is 0 Å². The topological polar surface area (TPSA) is 47.1 Å². The van der Waals surface area contributed by atoms with Gasteiger partial charge in [-0.25, -0.2) is 4.98 Å². The van der Waals surface area contributed by atoms with Crippen molar-refractivity contribution in [2.45, 2.75) is 58.0 Å². The Morgan fingerprint density at radius 2 is 2.11 bits per heavy atom. The Balaban J connectivity index is 1.88. The minimum absolute atomic E-state index is 0.590. The SMILES string of the molecule is CCc1cn(C2CC2)c(N2CC(CN)CCC2C)n1. The van der Waals surface area contributed by atoms with E-state index in [1.165, 1.54) is 37.3 Å². The van der Waals surface area contributed by atoms with E-state index in [9.17, 15) is 0 Å². The number of hydrogen-bond donors (Lipinski definition) is 1. The van der Waals surface area contributed by atoms with Crippen LogP contribution in [0.4, 0.5) is 5.95 Å². The molecule has 1 aliphatic heterocycles. The molecule has 2 aliphatic rings. The third kappa shape index (κ3) is 2.50. The molecule has 3 rings (SSSR count). The zero-order valence-electron chi connectivity index (χ0n) is 12.2. The van der Waals surface area contributed by atoms with E-state index in [-0.39, 0.29) is 0 Å². The number of anilines is 1. The van der Waals surface area contributed by atoms with Crippen LogP contribution in [0.3, 0.4) is 0 Å². The van der Waals surface area contributed by atoms with E-state index >= 15 is 0 Å². The van der Waals surface area contributed by atoms with Gasteiger partial charge < -0.3 is 15.2 Å². The first kappa shape index (κ1) is 13.0. The smallest absolute Gasteiger partial charge is 0.206 e. The average Bonchev–Trinajstić information content (AvgIpc) is 3.19.